The zero-order valence-corrected chi connectivity index (χ0v) is 16.3. The van der Waals surface area contributed by atoms with Gasteiger partial charge in [0, 0.05) is 27.7 Å². The number of anilines is 3. The van der Waals surface area contributed by atoms with E-state index in [0.717, 1.165) is 41.9 Å². The molecular weight excluding hydrogens is 369 g/mol. The van der Waals surface area contributed by atoms with Gasteiger partial charge in [0.1, 0.15) is 5.82 Å². The highest BCUT2D eigenvalue weighted by molar-refractivity contribution is 6.35. The molecule has 2 aromatic carbocycles. The largest absolute Gasteiger partial charge is 0.369 e. The molecule has 1 aromatic heterocycles. The lowest BCUT2D eigenvalue weighted by Gasteiger charge is -2.13. The Kier molecular flexibility index (Phi) is 6.14. The molecule has 26 heavy (non-hydrogen) atoms. The number of fused-ring (bicyclic) bond motifs is 1. The maximum Gasteiger partial charge on any atom is 0.229 e. The zero-order valence-electron chi connectivity index (χ0n) is 14.8. The molecule has 3 rings (SSSR count). The van der Waals surface area contributed by atoms with Gasteiger partial charge >= 0.3 is 0 Å². The standard InChI is InChI=1S/C19H21Cl2N5/c1-26(2)9-5-8-22-18-16-6-3-4-7-17(16)24-19(25-18)23-15-11-13(20)10-14(21)12-15/h3-4,6-7,10-12H,5,8-9H2,1-2H3,(H2,22,23,24,25). The highest BCUT2D eigenvalue weighted by Gasteiger charge is 2.08. The Balaban J connectivity index is 1.86. The first-order chi connectivity index (χ1) is 12.5. The van der Waals surface area contributed by atoms with Gasteiger partial charge in [-0.05, 0) is 57.4 Å². The van der Waals surface area contributed by atoms with Crippen molar-refractivity contribution in [2.45, 2.75) is 6.42 Å². The fourth-order valence-electron chi connectivity index (χ4n) is 2.62. The van der Waals surface area contributed by atoms with Gasteiger partial charge in [-0.3, -0.25) is 0 Å². The lowest BCUT2D eigenvalue weighted by atomic mass is 10.2. The highest BCUT2D eigenvalue weighted by Crippen LogP contribution is 2.27. The maximum absolute atomic E-state index is 6.07. The molecule has 136 valence electrons. The molecule has 2 N–H and O–H groups in total. The van der Waals surface area contributed by atoms with E-state index >= 15 is 0 Å². The number of hydrogen-bond donors (Lipinski definition) is 2. The van der Waals surface area contributed by atoms with Crippen molar-refractivity contribution in [2.75, 3.05) is 37.8 Å². The molecular formula is C19H21Cl2N5. The summed E-state index contributed by atoms with van der Waals surface area (Å²) in [6, 6.07) is 13.2. The molecule has 0 atom stereocenters. The number of benzene rings is 2. The van der Waals surface area contributed by atoms with Crippen LogP contribution >= 0.6 is 23.2 Å². The third-order valence-electron chi connectivity index (χ3n) is 3.80. The van der Waals surface area contributed by atoms with E-state index < -0.39 is 0 Å². The van der Waals surface area contributed by atoms with Gasteiger partial charge < -0.3 is 15.5 Å². The molecule has 5 nitrogen and oxygen atoms in total. The number of rotatable bonds is 7. The molecule has 1 heterocycles. The first-order valence-corrected chi connectivity index (χ1v) is 9.15. The van der Waals surface area contributed by atoms with E-state index in [4.69, 9.17) is 23.2 Å². The maximum atomic E-state index is 6.07. The minimum atomic E-state index is 0.497. The Hall–Kier alpha value is -2.08. The van der Waals surface area contributed by atoms with Crippen LogP contribution in [0.25, 0.3) is 10.9 Å². The van der Waals surface area contributed by atoms with Crippen LogP contribution in [0.4, 0.5) is 17.5 Å². The smallest absolute Gasteiger partial charge is 0.229 e. The van der Waals surface area contributed by atoms with Crippen LogP contribution < -0.4 is 10.6 Å². The number of hydrogen-bond acceptors (Lipinski definition) is 5. The highest BCUT2D eigenvalue weighted by atomic mass is 35.5. The molecule has 3 aromatic rings. The van der Waals surface area contributed by atoms with Crippen LogP contribution in [0.5, 0.6) is 0 Å². The topological polar surface area (TPSA) is 53.1 Å². The molecule has 0 aliphatic rings. The summed E-state index contributed by atoms with van der Waals surface area (Å²) in [4.78, 5) is 11.4. The Bertz CT molecular complexity index is 878. The average Bonchev–Trinajstić information content (AvgIpc) is 2.57. The third kappa shape index (κ3) is 4.97. The van der Waals surface area contributed by atoms with E-state index in [0.29, 0.717) is 16.0 Å². The molecule has 0 saturated carbocycles. The lowest BCUT2D eigenvalue weighted by Crippen LogP contribution is -2.17. The Morgan fingerprint density at radius 2 is 1.73 bits per heavy atom. The first-order valence-electron chi connectivity index (χ1n) is 8.40. The van der Waals surface area contributed by atoms with Gasteiger partial charge in [-0.2, -0.15) is 4.98 Å². The molecule has 0 aliphatic heterocycles. The number of para-hydroxylation sites is 1. The summed E-state index contributed by atoms with van der Waals surface area (Å²) in [7, 11) is 4.14. The quantitative estimate of drug-likeness (QED) is 0.554. The molecule has 0 fully saturated rings. The summed E-state index contributed by atoms with van der Waals surface area (Å²) in [6.07, 6.45) is 1.03. The van der Waals surface area contributed by atoms with Gasteiger partial charge in [-0.15, -0.1) is 0 Å². The van der Waals surface area contributed by atoms with Gasteiger partial charge in [0.25, 0.3) is 0 Å². The van der Waals surface area contributed by atoms with Crippen LogP contribution in [0.1, 0.15) is 6.42 Å². The van der Waals surface area contributed by atoms with E-state index in [2.05, 4.69) is 39.6 Å². The van der Waals surface area contributed by atoms with Gasteiger partial charge in [0.05, 0.1) is 5.52 Å². The van der Waals surface area contributed by atoms with E-state index in [1.165, 1.54) is 0 Å². The molecule has 0 spiro atoms. The van der Waals surface area contributed by atoms with Gasteiger partial charge in [-0.1, -0.05) is 35.3 Å². The number of aromatic nitrogens is 2. The average molecular weight is 390 g/mol. The van der Waals surface area contributed by atoms with Crippen molar-refractivity contribution in [1.82, 2.24) is 14.9 Å². The molecule has 0 bridgehead atoms. The second-order valence-electron chi connectivity index (χ2n) is 6.28. The van der Waals surface area contributed by atoms with Gasteiger partial charge in [0.2, 0.25) is 5.95 Å². The summed E-state index contributed by atoms with van der Waals surface area (Å²) in [5, 5.41) is 8.72. The van der Waals surface area contributed by atoms with Crippen molar-refractivity contribution < 1.29 is 0 Å². The summed E-state index contributed by atoms with van der Waals surface area (Å²) in [6.45, 7) is 1.85. The molecule has 0 unspecified atom stereocenters. The van der Waals surface area contributed by atoms with Crippen LogP contribution in [0.3, 0.4) is 0 Å². The minimum absolute atomic E-state index is 0.497. The fourth-order valence-corrected chi connectivity index (χ4v) is 3.15. The van der Waals surface area contributed by atoms with Crippen LogP contribution in [0, 0.1) is 0 Å². The monoisotopic (exact) mass is 389 g/mol. The van der Waals surface area contributed by atoms with Crippen LogP contribution in [0.15, 0.2) is 42.5 Å². The molecule has 0 saturated heterocycles. The Labute approximate surface area is 163 Å². The van der Waals surface area contributed by atoms with E-state index in [9.17, 15) is 0 Å². The van der Waals surface area contributed by atoms with E-state index in [-0.39, 0.29) is 0 Å². The summed E-state index contributed by atoms with van der Waals surface area (Å²) >= 11 is 12.1. The van der Waals surface area contributed by atoms with Crippen LogP contribution in [-0.4, -0.2) is 42.1 Å². The first kappa shape index (κ1) is 18.7. The van der Waals surface area contributed by atoms with Crippen molar-refractivity contribution in [3.05, 3.63) is 52.5 Å². The predicted molar refractivity (Wildman–Crippen MR) is 111 cm³/mol. The van der Waals surface area contributed by atoms with Gasteiger partial charge in [0.15, 0.2) is 0 Å². The third-order valence-corrected chi connectivity index (χ3v) is 4.23. The Morgan fingerprint density at radius 3 is 2.46 bits per heavy atom. The van der Waals surface area contributed by atoms with Crippen molar-refractivity contribution >= 4 is 51.6 Å². The lowest BCUT2D eigenvalue weighted by molar-refractivity contribution is 0.405. The summed E-state index contributed by atoms with van der Waals surface area (Å²) < 4.78 is 0. The fraction of sp³-hybridized carbons (Fsp3) is 0.263. The van der Waals surface area contributed by atoms with Crippen LogP contribution in [-0.2, 0) is 0 Å². The Morgan fingerprint density at radius 1 is 1.00 bits per heavy atom. The SMILES string of the molecule is CN(C)CCCNc1nc(Nc2cc(Cl)cc(Cl)c2)nc2ccccc12. The van der Waals surface area contributed by atoms with E-state index in [1.807, 2.05) is 24.3 Å². The molecule has 7 heteroatoms. The van der Waals surface area contributed by atoms with E-state index in [1.54, 1.807) is 18.2 Å². The van der Waals surface area contributed by atoms with Crippen LogP contribution in [0.2, 0.25) is 10.0 Å². The minimum Gasteiger partial charge on any atom is -0.369 e. The molecule has 0 amide bonds. The van der Waals surface area contributed by atoms with Crippen molar-refractivity contribution in [1.29, 1.82) is 0 Å². The second kappa shape index (κ2) is 8.54. The molecule has 0 aliphatic carbocycles. The summed E-state index contributed by atoms with van der Waals surface area (Å²) in [5.74, 6) is 1.31. The van der Waals surface area contributed by atoms with Crippen molar-refractivity contribution in [3.63, 3.8) is 0 Å². The number of nitrogens with zero attached hydrogens (tertiary/aromatic N) is 3. The molecule has 0 radical (unpaired) electrons. The second-order valence-corrected chi connectivity index (χ2v) is 7.15. The van der Waals surface area contributed by atoms with Gasteiger partial charge in [-0.25, -0.2) is 4.98 Å². The number of halogens is 2. The van der Waals surface area contributed by atoms with Crippen molar-refractivity contribution in [2.24, 2.45) is 0 Å². The number of nitrogens with one attached hydrogen (secondary N) is 2. The normalized spacial score (nSPS) is 11.1. The zero-order chi connectivity index (χ0) is 18.5. The van der Waals surface area contributed by atoms with Crippen molar-refractivity contribution in [3.8, 4) is 0 Å². The predicted octanol–water partition coefficient (Wildman–Crippen LogP) is 5.04. The summed E-state index contributed by atoms with van der Waals surface area (Å²) in [5.41, 5.74) is 1.62.